The lowest BCUT2D eigenvalue weighted by Gasteiger charge is -2.19. The van der Waals surface area contributed by atoms with Crippen LogP contribution in [-0.4, -0.2) is 42.7 Å². The zero-order chi connectivity index (χ0) is 28.8. The van der Waals surface area contributed by atoms with Crippen LogP contribution in [0.2, 0.25) is 0 Å². The van der Waals surface area contributed by atoms with Crippen LogP contribution in [0.15, 0.2) is 55.0 Å². The molecule has 0 spiro atoms. The van der Waals surface area contributed by atoms with E-state index in [0.717, 1.165) is 13.1 Å². The van der Waals surface area contributed by atoms with E-state index >= 15 is 0 Å². The van der Waals surface area contributed by atoms with E-state index in [1.54, 1.807) is 24.3 Å². The second-order valence-corrected chi connectivity index (χ2v) is 9.11. The Morgan fingerprint density at radius 1 is 1.02 bits per heavy atom. The Bertz CT molecular complexity index is 1570. The maximum Gasteiger partial charge on any atom is 0.434 e. The normalized spacial score (nSPS) is 14.4. The molecule has 14 heteroatoms. The Morgan fingerprint density at radius 2 is 1.75 bits per heavy atom. The fraction of sp³-hybridized carbons (Fsp3) is 0.269. The summed E-state index contributed by atoms with van der Waals surface area (Å²) in [5, 5.41) is 0. The number of carbonyl (C=O) groups is 1. The number of benzene rings is 1. The lowest BCUT2D eigenvalue weighted by Crippen LogP contribution is -2.31. The third kappa shape index (κ3) is 5.33. The number of hydrogen-bond donors (Lipinski definition) is 0. The second-order valence-electron chi connectivity index (χ2n) is 9.11. The third-order valence-corrected chi connectivity index (χ3v) is 6.22. The summed E-state index contributed by atoms with van der Waals surface area (Å²) in [6.45, 7) is 0.954. The number of nitrogens with zero attached hydrogens (tertiary/aromatic N) is 6. The van der Waals surface area contributed by atoms with Crippen molar-refractivity contribution >= 4 is 11.7 Å². The van der Waals surface area contributed by atoms with Gasteiger partial charge in [-0.05, 0) is 24.6 Å². The number of aryl methyl sites for hydroxylation is 1. The number of rotatable bonds is 6. The Balaban J connectivity index is 1.40. The Labute approximate surface area is 223 Å². The maximum absolute atomic E-state index is 13.1. The Kier molecular flexibility index (Phi) is 6.72. The Morgan fingerprint density at radius 3 is 2.40 bits per heavy atom. The van der Waals surface area contributed by atoms with Crippen LogP contribution in [0.4, 0.5) is 32.2 Å². The topological polar surface area (TPSA) is 86.0 Å². The molecule has 208 valence electrons. The molecule has 1 atom stereocenters. The molecule has 0 N–H and O–H groups in total. The molecule has 4 aromatic rings. The molecule has 1 amide bonds. The summed E-state index contributed by atoms with van der Waals surface area (Å²) < 4.78 is 84.6. The molecular formula is C26H20F6N6O2. The van der Waals surface area contributed by atoms with Crippen molar-refractivity contribution in [2.75, 3.05) is 4.90 Å². The molecule has 0 bridgehead atoms. The van der Waals surface area contributed by atoms with E-state index in [0.29, 0.717) is 16.7 Å². The minimum absolute atomic E-state index is 0.0292. The fourth-order valence-electron chi connectivity index (χ4n) is 4.13. The molecule has 0 saturated carbocycles. The smallest absolute Gasteiger partial charge is 0.434 e. The van der Waals surface area contributed by atoms with Gasteiger partial charge in [-0.1, -0.05) is 24.3 Å². The highest BCUT2D eigenvalue weighted by molar-refractivity contribution is 6.00. The van der Waals surface area contributed by atoms with Crippen LogP contribution < -0.4 is 9.64 Å². The minimum atomic E-state index is -4.61. The number of halogens is 6. The van der Waals surface area contributed by atoms with Gasteiger partial charge < -0.3 is 9.30 Å². The van der Waals surface area contributed by atoms with Crippen LogP contribution in [0.25, 0.3) is 22.8 Å². The number of ether oxygens (including phenoxy) is 1. The van der Waals surface area contributed by atoms with E-state index in [1.807, 2.05) is 0 Å². The van der Waals surface area contributed by atoms with Crippen molar-refractivity contribution in [3.63, 3.8) is 0 Å². The van der Waals surface area contributed by atoms with Gasteiger partial charge in [0.1, 0.15) is 11.6 Å². The molecular weight excluding hydrogens is 542 g/mol. The van der Waals surface area contributed by atoms with Gasteiger partial charge in [0.05, 0.1) is 18.5 Å². The molecule has 1 aromatic carbocycles. The molecule has 8 nitrogen and oxygen atoms in total. The number of hydrogen-bond acceptors (Lipinski definition) is 6. The van der Waals surface area contributed by atoms with Crippen molar-refractivity contribution in [1.82, 2.24) is 24.5 Å². The molecule has 1 aliphatic rings. The molecule has 0 fully saturated rings. The predicted molar refractivity (Wildman–Crippen MR) is 130 cm³/mol. The monoisotopic (exact) mass is 562 g/mol. The summed E-state index contributed by atoms with van der Waals surface area (Å²) in [5.74, 6) is -0.120. The highest BCUT2D eigenvalue weighted by Crippen LogP contribution is 2.35. The van der Waals surface area contributed by atoms with Gasteiger partial charge in [0.2, 0.25) is 11.8 Å². The lowest BCUT2D eigenvalue weighted by molar-refractivity contribution is -0.189. The van der Waals surface area contributed by atoms with Crippen molar-refractivity contribution in [2.24, 2.45) is 7.05 Å². The van der Waals surface area contributed by atoms with Crippen molar-refractivity contribution in [3.05, 3.63) is 71.8 Å². The fourth-order valence-corrected chi connectivity index (χ4v) is 4.13. The third-order valence-electron chi connectivity index (χ3n) is 6.22. The highest BCUT2D eigenvalue weighted by atomic mass is 19.4. The van der Waals surface area contributed by atoms with Crippen molar-refractivity contribution < 1.29 is 35.9 Å². The highest BCUT2D eigenvalue weighted by Gasteiger charge is 2.39. The summed E-state index contributed by atoms with van der Waals surface area (Å²) >= 11 is 0. The average Bonchev–Trinajstić information content (AvgIpc) is 3.43. The van der Waals surface area contributed by atoms with Gasteiger partial charge in [-0.15, -0.1) is 0 Å². The number of imidazole rings is 1. The number of pyridine rings is 1. The van der Waals surface area contributed by atoms with Crippen molar-refractivity contribution in [1.29, 1.82) is 0 Å². The van der Waals surface area contributed by atoms with Crippen molar-refractivity contribution in [2.45, 2.75) is 38.3 Å². The first-order valence-electron chi connectivity index (χ1n) is 11.9. The summed E-state index contributed by atoms with van der Waals surface area (Å²) in [4.78, 5) is 30.5. The van der Waals surface area contributed by atoms with Crippen LogP contribution in [0, 0.1) is 0 Å². The largest absolute Gasteiger partial charge is 0.464 e. The van der Waals surface area contributed by atoms with E-state index in [-0.39, 0.29) is 47.8 Å². The number of aromatic nitrogens is 5. The van der Waals surface area contributed by atoms with E-state index < -0.39 is 24.2 Å². The molecule has 3 aromatic heterocycles. The molecule has 1 unspecified atom stereocenters. The molecule has 1 aliphatic heterocycles. The van der Waals surface area contributed by atoms with Gasteiger partial charge in [0.25, 0.3) is 0 Å². The second kappa shape index (κ2) is 9.92. The van der Waals surface area contributed by atoms with Gasteiger partial charge in [-0.25, -0.2) is 19.9 Å². The van der Waals surface area contributed by atoms with Gasteiger partial charge in [0, 0.05) is 36.8 Å². The molecule has 0 saturated heterocycles. The number of anilines is 1. The standard InChI is InChI=1S/C26H20F6N6O2/c1-14(25(27,28)29)40-24-18(4-3-9-33-24)21-34-11-17-10-20(39)38(23(17)36-21)12-15-5-7-16(8-6-15)22-35-19(13-37(22)2)26(30,31)32/h3-9,11,13-14H,10,12H2,1-2H3. The van der Waals surface area contributed by atoms with E-state index in [9.17, 15) is 31.1 Å². The van der Waals surface area contributed by atoms with Crippen LogP contribution in [0.1, 0.15) is 23.7 Å². The number of carbonyl (C=O) groups excluding carboxylic acids is 1. The SMILES string of the molecule is CC(Oc1ncccc1-c1ncc2c(n1)N(Cc1ccc(-c3nc(C(F)(F)F)cn3C)cc1)C(=O)C2)C(F)(F)F. The molecule has 0 radical (unpaired) electrons. The molecule has 4 heterocycles. The number of amides is 1. The number of fused-ring (bicyclic) bond motifs is 1. The molecule has 5 rings (SSSR count). The summed E-state index contributed by atoms with van der Waals surface area (Å²) in [5.41, 5.74) is 0.779. The lowest BCUT2D eigenvalue weighted by atomic mass is 10.1. The maximum atomic E-state index is 13.1. The van der Waals surface area contributed by atoms with Gasteiger partial charge in [0.15, 0.2) is 17.6 Å². The Hall–Kier alpha value is -4.49. The van der Waals surface area contributed by atoms with Crippen LogP contribution >= 0.6 is 0 Å². The van der Waals surface area contributed by atoms with Crippen LogP contribution in [0.5, 0.6) is 5.88 Å². The van der Waals surface area contributed by atoms with E-state index in [1.165, 1.54) is 41.0 Å². The van der Waals surface area contributed by atoms with Crippen molar-refractivity contribution in [3.8, 4) is 28.7 Å². The summed E-state index contributed by atoms with van der Waals surface area (Å²) in [6, 6.07) is 9.50. The molecule has 0 aliphatic carbocycles. The average molecular weight is 562 g/mol. The van der Waals surface area contributed by atoms with E-state index in [2.05, 4.69) is 19.9 Å². The van der Waals surface area contributed by atoms with Crippen LogP contribution in [-0.2, 0) is 31.0 Å². The number of alkyl halides is 6. The first-order valence-corrected chi connectivity index (χ1v) is 11.9. The summed E-state index contributed by atoms with van der Waals surface area (Å²) in [7, 11) is 1.46. The quantitative estimate of drug-likeness (QED) is 0.294. The minimum Gasteiger partial charge on any atom is -0.464 e. The van der Waals surface area contributed by atoms with E-state index in [4.69, 9.17) is 4.74 Å². The first kappa shape index (κ1) is 27.1. The summed E-state index contributed by atoms with van der Waals surface area (Å²) in [6.07, 6.45) is -7.65. The molecule has 40 heavy (non-hydrogen) atoms. The zero-order valence-electron chi connectivity index (χ0n) is 21.0. The first-order chi connectivity index (χ1) is 18.8. The van der Waals surface area contributed by atoms with Gasteiger partial charge in [-0.2, -0.15) is 26.3 Å². The predicted octanol–water partition coefficient (Wildman–Crippen LogP) is 5.38. The van der Waals surface area contributed by atoms with Gasteiger partial charge in [-0.3, -0.25) is 9.69 Å². The zero-order valence-corrected chi connectivity index (χ0v) is 21.0. The van der Waals surface area contributed by atoms with Crippen LogP contribution in [0.3, 0.4) is 0 Å². The van der Waals surface area contributed by atoms with Gasteiger partial charge >= 0.3 is 12.4 Å².